The van der Waals surface area contributed by atoms with Crippen LogP contribution in [0.15, 0.2) is 18.3 Å². The number of likely N-dealkylation sites (N-methyl/N-ethyl adjacent to an activating group) is 1. The van der Waals surface area contributed by atoms with Crippen molar-refractivity contribution in [2.75, 3.05) is 25.5 Å². The monoisotopic (exact) mass is 237 g/mol. The van der Waals surface area contributed by atoms with E-state index in [1.165, 1.54) is 6.07 Å². The molecule has 0 saturated heterocycles. The number of pyridine rings is 1. The maximum atomic E-state index is 10.6. The lowest BCUT2D eigenvalue weighted by molar-refractivity contribution is 0.0690. The van der Waals surface area contributed by atoms with Gasteiger partial charge in [0.05, 0.1) is 11.9 Å². The standard InChI is InChI=1S/C12H19N3O2/c1-9(2)15(3)7-6-13-10-4-5-11(12(16)17)14-8-10/h4-5,8-9,13H,6-7H2,1-3H3,(H,16,17). The lowest BCUT2D eigenvalue weighted by atomic mass is 10.3. The first-order chi connectivity index (χ1) is 8.00. The molecule has 0 aliphatic carbocycles. The molecule has 0 amide bonds. The molecule has 0 fully saturated rings. The Balaban J connectivity index is 2.40. The second-order valence-corrected chi connectivity index (χ2v) is 4.24. The Morgan fingerprint density at radius 3 is 2.71 bits per heavy atom. The van der Waals surface area contributed by atoms with Gasteiger partial charge in [-0.25, -0.2) is 9.78 Å². The Labute approximate surface area is 101 Å². The van der Waals surface area contributed by atoms with Crippen LogP contribution in [0.2, 0.25) is 0 Å². The van der Waals surface area contributed by atoms with E-state index in [0.29, 0.717) is 6.04 Å². The first-order valence-corrected chi connectivity index (χ1v) is 5.64. The van der Waals surface area contributed by atoms with E-state index >= 15 is 0 Å². The lowest BCUT2D eigenvalue weighted by Crippen LogP contribution is -2.31. The molecule has 0 unspecified atom stereocenters. The molecular weight excluding hydrogens is 218 g/mol. The minimum absolute atomic E-state index is 0.0647. The molecule has 17 heavy (non-hydrogen) atoms. The second-order valence-electron chi connectivity index (χ2n) is 4.24. The number of aromatic carboxylic acids is 1. The summed E-state index contributed by atoms with van der Waals surface area (Å²) >= 11 is 0. The molecule has 5 nitrogen and oxygen atoms in total. The molecule has 0 spiro atoms. The van der Waals surface area contributed by atoms with Gasteiger partial charge in [-0.3, -0.25) is 0 Å². The minimum atomic E-state index is -1.00. The number of carboxylic acid groups (broad SMARTS) is 1. The highest BCUT2D eigenvalue weighted by Gasteiger charge is 2.04. The van der Waals surface area contributed by atoms with Crippen molar-refractivity contribution in [2.45, 2.75) is 19.9 Å². The number of aromatic nitrogens is 1. The molecular formula is C12H19N3O2. The van der Waals surface area contributed by atoms with E-state index in [4.69, 9.17) is 5.11 Å². The van der Waals surface area contributed by atoms with Gasteiger partial charge < -0.3 is 15.3 Å². The first-order valence-electron chi connectivity index (χ1n) is 5.64. The molecule has 1 heterocycles. The molecule has 0 aliphatic heterocycles. The topological polar surface area (TPSA) is 65.5 Å². The van der Waals surface area contributed by atoms with Crippen molar-refractivity contribution in [3.63, 3.8) is 0 Å². The third kappa shape index (κ3) is 4.40. The molecule has 0 saturated carbocycles. The SMILES string of the molecule is CC(C)N(C)CCNc1ccc(C(=O)O)nc1. The molecule has 0 aliphatic rings. The van der Waals surface area contributed by atoms with Crippen LogP contribution in [0.1, 0.15) is 24.3 Å². The molecule has 1 aromatic rings. The van der Waals surface area contributed by atoms with Gasteiger partial charge in [0, 0.05) is 19.1 Å². The van der Waals surface area contributed by atoms with Crippen LogP contribution in [0, 0.1) is 0 Å². The van der Waals surface area contributed by atoms with Crippen molar-refractivity contribution in [3.8, 4) is 0 Å². The van der Waals surface area contributed by atoms with E-state index in [9.17, 15) is 4.79 Å². The number of anilines is 1. The highest BCUT2D eigenvalue weighted by atomic mass is 16.4. The number of carbonyl (C=O) groups is 1. The van der Waals surface area contributed by atoms with Gasteiger partial charge in [-0.05, 0) is 33.0 Å². The number of nitrogens with one attached hydrogen (secondary N) is 1. The van der Waals surface area contributed by atoms with Gasteiger partial charge in [0.15, 0.2) is 0 Å². The van der Waals surface area contributed by atoms with Crippen LogP contribution in [-0.4, -0.2) is 47.1 Å². The van der Waals surface area contributed by atoms with Gasteiger partial charge in [-0.15, -0.1) is 0 Å². The van der Waals surface area contributed by atoms with Gasteiger partial charge in [0.2, 0.25) is 0 Å². The van der Waals surface area contributed by atoms with Crippen molar-refractivity contribution in [1.29, 1.82) is 0 Å². The lowest BCUT2D eigenvalue weighted by Gasteiger charge is -2.21. The fraction of sp³-hybridized carbons (Fsp3) is 0.500. The summed E-state index contributed by atoms with van der Waals surface area (Å²) in [5.74, 6) is -1.00. The molecule has 1 aromatic heterocycles. The van der Waals surface area contributed by atoms with Gasteiger partial charge >= 0.3 is 5.97 Å². The van der Waals surface area contributed by atoms with Gasteiger partial charge in [0.1, 0.15) is 5.69 Å². The van der Waals surface area contributed by atoms with E-state index in [1.807, 2.05) is 0 Å². The van der Waals surface area contributed by atoms with E-state index in [-0.39, 0.29) is 5.69 Å². The Hall–Kier alpha value is -1.62. The summed E-state index contributed by atoms with van der Waals surface area (Å²) in [5, 5.41) is 11.9. The second kappa shape index (κ2) is 6.20. The summed E-state index contributed by atoms with van der Waals surface area (Å²) in [6.07, 6.45) is 1.54. The van der Waals surface area contributed by atoms with Crippen LogP contribution in [0.4, 0.5) is 5.69 Å². The molecule has 0 aromatic carbocycles. The number of rotatable bonds is 6. The highest BCUT2D eigenvalue weighted by molar-refractivity contribution is 5.85. The third-order valence-electron chi connectivity index (χ3n) is 2.66. The average molecular weight is 237 g/mol. The Kier molecular flexibility index (Phi) is 4.90. The van der Waals surface area contributed by atoms with Crippen LogP contribution in [0.5, 0.6) is 0 Å². The summed E-state index contributed by atoms with van der Waals surface area (Å²) in [7, 11) is 2.07. The fourth-order valence-electron chi connectivity index (χ4n) is 1.26. The smallest absolute Gasteiger partial charge is 0.354 e. The Morgan fingerprint density at radius 2 is 2.24 bits per heavy atom. The van der Waals surface area contributed by atoms with Crippen LogP contribution in [0.3, 0.4) is 0 Å². The summed E-state index contributed by atoms with van der Waals surface area (Å²) in [6.45, 7) is 6.02. The molecule has 2 N–H and O–H groups in total. The third-order valence-corrected chi connectivity index (χ3v) is 2.66. The zero-order chi connectivity index (χ0) is 12.8. The minimum Gasteiger partial charge on any atom is -0.477 e. The normalized spacial score (nSPS) is 10.9. The molecule has 5 heteroatoms. The van der Waals surface area contributed by atoms with Crippen molar-refractivity contribution >= 4 is 11.7 Å². The van der Waals surface area contributed by atoms with Crippen molar-refractivity contribution in [2.24, 2.45) is 0 Å². The van der Waals surface area contributed by atoms with Gasteiger partial charge in [-0.2, -0.15) is 0 Å². The van der Waals surface area contributed by atoms with Crippen LogP contribution in [0.25, 0.3) is 0 Å². The van der Waals surface area contributed by atoms with Crippen LogP contribution >= 0.6 is 0 Å². The van der Waals surface area contributed by atoms with Gasteiger partial charge in [-0.1, -0.05) is 0 Å². The summed E-state index contributed by atoms with van der Waals surface area (Å²) < 4.78 is 0. The zero-order valence-corrected chi connectivity index (χ0v) is 10.5. The molecule has 94 valence electrons. The van der Waals surface area contributed by atoms with Crippen LogP contribution in [-0.2, 0) is 0 Å². The maximum Gasteiger partial charge on any atom is 0.354 e. The highest BCUT2D eigenvalue weighted by Crippen LogP contribution is 2.05. The molecule has 1 rings (SSSR count). The quantitative estimate of drug-likeness (QED) is 0.785. The van der Waals surface area contributed by atoms with E-state index in [2.05, 4.69) is 36.1 Å². The Bertz CT molecular complexity index is 363. The summed E-state index contributed by atoms with van der Waals surface area (Å²) in [6, 6.07) is 3.74. The Morgan fingerprint density at radius 1 is 1.53 bits per heavy atom. The number of carboxylic acids is 1. The predicted octanol–water partition coefficient (Wildman–Crippen LogP) is 1.53. The van der Waals surface area contributed by atoms with E-state index < -0.39 is 5.97 Å². The largest absolute Gasteiger partial charge is 0.477 e. The van der Waals surface area contributed by atoms with E-state index in [1.54, 1.807) is 12.3 Å². The number of hydrogen-bond acceptors (Lipinski definition) is 4. The number of nitrogens with zero attached hydrogens (tertiary/aromatic N) is 2. The van der Waals surface area contributed by atoms with Gasteiger partial charge in [0.25, 0.3) is 0 Å². The maximum absolute atomic E-state index is 10.6. The van der Waals surface area contributed by atoms with Crippen molar-refractivity contribution in [3.05, 3.63) is 24.0 Å². The summed E-state index contributed by atoms with van der Waals surface area (Å²) in [5.41, 5.74) is 0.905. The average Bonchev–Trinajstić information content (AvgIpc) is 2.29. The molecule has 0 atom stereocenters. The van der Waals surface area contributed by atoms with Crippen molar-refractivity contribution < 1.29 is 9.90 Å². The predicted molar refractivity (Wildman–Crippen MR) is 67.5 cm³/mol. The zero-order valence-electron chi connectivity index (χ0n) is 10.5. The van der Waals surface area contributed by atoms with Crippen LogP contribution < -0.4 is 5.32 Å². The molecule has 0 radical (unpaired) electrons. The van der Waals surface area contributed by atoms with E-state index in [0.717, 1.165) is 18.8 Å². The fourth-order valence-corrected chi connectivity index (χ4v) is 1.26. The summed E-state index contributed by atoms with van der Waals surface area (Å²) in [4.78, 5) is 16.7. The number of hydrogen-bond donors (Lipinski definition) is 2. The molecule has 0 bridgehead atoms. The van der Waals surface area contributed by atoms with Crippen molar-refractivity contribution in [1.82, 2.24) is 9.88 Å². The first kappa shape index (κ1) is 13.4.